The molecule has 0 spiro atoms. The molecule has 0 atom stereocenters. The van der Waals surface area contributed by atoms with E-state index >= 15 is 0 Å². The second-order valence-corrected chi connectivity index (χ2v) is 3.02. The molecule has 0 bridgehead atoms. The number of hydrogen-bond donors (Lipinski definition) is 0. The molecule has 0 aromatic heterocycles. The third-order valence-electron chi connectivity index (χ3n) is 2.23. The highest BCUT2D eigenvalue weighted by Gasteiger charge is 2.33. The molecular formula is C9H16O3. The Labute approximate surface area is 73.0 Å². The standard InChI is InChI=1S/C9H16O3/c1-2-9(5-3-4-6-10)11-7-8-12-9/h6H,2-5,7-8H2,1H3. The molecule has 3 nitrogen and oxygen atoms in total. The molecule has 0 aromatic rings. The van der Waals surface area contributed by atoms with E-state index < -0.39 is 0 Å². The predicted octanol–water partition coefficient (Wildman–Crippen LogP) is 1.51. The van der Waals surface area contributed by atoms with E-state index in [9.17, 15) is 4.79 Å². The van der Waals surface area contributed by atoms with Gasteiger partial charge in [0.2, 0.25) is 0 Å². The lowest BCUT2D eigenvalue weighted by Crippen LogP contribution is -2.28. The summed E-state index contributed by atoms with van der Waals surface area (Å²) in [5.41, 5.74) is 0. The molecule has 1 aliphatic rings. The van der Waals surface area contributed by atoms with Crippen LogP contribution in [0.5, 0.6) is 0 Å². The van der Waals surface area contributed by atoms with Crippen LogP contribution in [0.1, 0.15) is 32.6 Å². The average molecular weight is 172 g/mol. The second kappa shape index (κ2) is 4.58. The minimum absolute atomic E-state index is 0.372. The van der Waals surface area contributed by atoms with Crippen molar-refractivity contribution < 1.29 is 14.3 Å². The third-order valence-corrected chi connectivity index (χ3v) is 2.23. The summed E-state index contributed by atoms with van der Waals surface area (Å²) in [6.45, 7) is 3.43. The van der Waals surface area contributed by atoms with Gasteiger partial charge in [-0.3, -0.25) is 0 Å². The minimum atomic E-state index is -0.372. The van der Waals surface area contributed by atoms with Crippen LogP contribution in [0.15, 0.2) is 0 Å². The molecule has 0 radical (unpaired) electrons. The van der Waals surface area contributed by atoms with Gasteiger partial charge in [-0.1, -0.05) is 6.92 Å². The molecule has 0 aliphatic carbocycles. The van der Waals surface area contributed by atoms with Crippen LogP contribution in [0.25, 0.3) is 0 Å². The average Bonchev–Trinajstić information content (AvgIpc) is 2.55. The lowest BCUT2D eigenvalue weighted by Gasteiger charge is -2.25. The fraction of sp³-hybridized carbons (Fsp3) is 0.889. The SMILES string of the molecule is CCC1(CCCC=O)OCCO1. The van der Waals surface area contributed by atoms with Crippen LogP contribution in [0, 0.1) is 0 Å². The minimum Gasteiger partial charge on any atom is -0.348 e. The van der Waals surface area contributed by atoms with Gasteiger partial charge in [-0.25, -0.2) is 0 Å². The topological polar surface area (TPSA) is 35.5 Å². The van der Waals surface area contributed by atoms with E-state index in [2.05, 4.69) is 0 Å². The number of rotatable bonds is 5. The molecule has 1 fully saturated rings. The molecule has 0 amide bonds. The first-order chi connectivity index (χ1) is 5.83. The Balaban J connectivity index is 2.28. The van der Waals surface area contributed by atoms with Crippen LogP contribution in [0.2, 0.25) is 0 Å². The lowest BCUT2D eigenvalue weighted by atomic mass is 10.1. The summed E-state index contributed by atoms with van der Waals surface area (Å²) in [7, 11) is 0. The number of hydrogen-bond acceptors (Lipinski definition) is 3. The summed E-state index contributed by atoms with van der Waals surface area (Å²) in [6.07, 6.45) is 4.11. The van der Waals surface area contributed by atoms with E-state index in [1.807, 2.05) is 6.92 Å². The highest BCUT2D eigenvalue weighted by Crippen LogP contribution is 2.28. The summed E-state index contributed by atoms with van der Waals surface area (Å²) >= 11 is 0. The van der Waals surface area contributed by atoms with Gasteiger partial charge >= 0.3 is 0 Å². The van der Waals surface area contributed by atoms with E-state index in [1.54, 1.807) is 0 Å². The molecule has 3 heteroatoms. The van der Waals surface area contributed by atoms with Crippen molar-refractivity contribution in [2.75, 3.05) is 13.2 Å². The molecule has 0 unspecified atom stereocenters. The van der Waals surface area contributed by atoms with Crippen molar-refractivity contribution in [3.8, 4) is 0 Å². The van der Waals surface area contributed by atoms with E-state index in [0.29, 0.717) is 19.6 Å². The highest BCUT2D eigenvalue weighted by atomic mass is 16.7. The zero-order valence-electron chi connectivity index (χ0n) is 7.54. The third kappa shape index (κ3) is 2.29. The molecule has 1 heterocycles. The van der Waals surface area contributed by atoms with Crippen molar-refractivity contribution in [2.45, 2.75) is 38.4 Å². The molecule has 70 valence electrons. The first-order valence-electron chi connectivity index (χ1n) is 4.54. The Bertz CT molecular complexity index is 139. The van der Waals surface area contributed by atoms with Gasteiger partial charge in [0.1, 0.15) is 6.29 Å². The van der Waals surface area contributed by atoms with Crippen LogP contribution >= 0.6 is 0 Å². The molecule has 0 saturated carbocycles. The molecule has 1 aliphatic heterocycles. The van der Waals surface area contributed by atoms with Gasteiger partial charge in [-0.15, -0.1) is 0 Å². The summed E-state index contributed by atoms with van der Waals surface area (Å²) in [5.74, 6) is -0.372. The maximum Gasteiger partial charge on any atom is 0.168 e. The van der Waals surface area contributed by atoms with Crippen LogP contribution in [0.4, 0.5) is 0 Å². The lowest BCUT2D eigenvalue weighted by molar-refractivity contribution is -0.164. The molecule has 12 heavy (non-hydrogen) atoms. The zero-order chi connectivity index (χ0) is 8.86. The van der Waals surface area contributed by atoms with E-state index in [1.165, 1.54) is 0 Å². The maximum atomic E-state index is 10.1. The first kappa shape index (κ1) is 9.68. The van der Waals surface area contributed by atoms with Gasteiger partial charge in [0, 0.05) is 12.8 Å². The molecule has 1 saturated heterocycles. The first-order valence-corrected chi connectivity index (χ1v) is 4.54. The number of carbonyl (C=O) groups excluding carboxylic acids is 1. The van der Waals surface area contributed by atoms with Crippen molar-refractivity contribution in [1.29, 1.82) is 0 Å². The van der Waals surface area contributed by atoms with Crippen molar-refractivity contribution in [3.05, 3.63) is 0 Å². The summed E-state index contributed by atoms with van der Waals surface area (Å²) in [6, 6.07) is 0. The monoisotopic (exact) mass is 172 g/mol. The normalized spacial score (nSPS) is 21.1. The molecule has 0 N–H and O–H groups in total. The number of carbonyl (C=O) groups is 1. The number of ether oxygens (including phenoxy) is 2. The Morgan fingerprint density at radius 2 is 2.08 bits per heavy atom. The summed E-state index contributed by atoms with van der Waals surface area (Å²) in [5, 5.41) is 0. The van der Waals surface area contributed by atoms with Crippen LogP contribution in [-0.2, 0) is 14.3 Å². The quantitative estimate of drug-likeness (QED) is 0.466. The Hall–Kier alpha value is -0.410. The predicted molar refractivity (Wildman–Crippen MR) is 44.8 cm³/mol. The van der Waals surface area contributed by atoms with Gasteiger partial charge in [0.05, 0.1) is 13.2 Å². The number of unbranched alkanes of at least 4 members (excludes halogenated alkanes) is 1. The van der Waals surface area contributed by atoms with Crippen molar-refractivity contribution in [2.24, 2.45) is 0 Å². The highest BCUT2D eigenvalue weighted by molar-refractivity contribution is 5.48. The van der Waals surface area contributed by atoms with Crippen LogP contribution in [-0.4, -0.2) is 25.3 Å². The molecule has 0 aromatic carbocycles. The van der Waals surface area contributed by atoms with Gasteiger partial charge in [-0.2, -0.15) is 0 Å². The Morgan fingerprint density at radius 3 is 2.58 bits per heavy atom. The summed E-state index contributed by atoms with van der Waals surface area (Å²) in [4.78, 5) is 10.1. The largest absolute Gasteiger partial charge is 0.348 e. The van der Waals surface area contributed by atoms with Crippen LogP contribution < -0.4 is 0 Å². The molecular weight excluding hydrogens is 156 g/mol. The Morgan fingerprint density at radius 1 is 1.42 bits per heavy atom. The zero-order valence-corrected chi connectivity index (χ0v) is 7.54. The van der Waals surface area contributed by atoms with Crippen molar-refractivity contribution >= 4 is 6.29 Å². The fourth-order valence-electron chi connectivity index (χ4n) is 1.48. The smallest absolute Gasteiger partial charge is 0.168 e. The number of aldehydes is 1. The van der Waals surface area contributed by atoms with Gasteiger partial charge < -0.3 is 14.3 Å². The maximum absolute atomic E-state index is 10.1. The van der Waals surface area contributed by atoms with Gasteiger partial charge in [0.15, 0.2) is 5.79 Å². The van der Waals surface area contributed by atoms with Crippen molar-refractivity contribution in [3.63, 3.8) is 0 Å². The van der Waals surface area contributed by atoms with E-state index in [4.69, 9.17) is 9.47 Å². The van der Waals surface area contributed by atoms with Crippen molar-refractivity contribution in [1.82, 2.24) is 0 Å². The molecule has 1 rings (SSSR count). The van der Waals surface area contributed by atoms with E-state index in [0.717, 1.165) is 25.5 Å². The van der Waals surface area contributed by atoms with Crippen LogP contribution in [0.3, 0.4) is 0 Å². The van der Waals surface area contributed by atoms with Gasteiger partial charge in [-0.05, 0) is 12.8 Å². The van der Waals surface area contributed by atoms with Gasteiger partial charge in [0.25, 0.3) is 0 Å². The second-order valence-electron chi connectivity index (χ2n) is 3.02. The fourth-order valence-corrected chi connectivity index (χ4v) is 1.48. The van der Waals surface area contributed by atoms with E-state index in [-0.39, 0.29) is 5.79 Å². The summed E-state index contributed by atoms with van der Waals surface area (Å²) < 4.78 is 11.0. The Kier molecular flexibility index (Phi) is 3.69.